The summed E-state index contributed by atoms with van der Waals surface area (Å²) in [4.78, 5) is 21.3. The fourth-order valence-corrected chi connectivity index (χ4v) is 3.68. The molecule has 0 bridgehead atoms. The van der Waals surface area contributed by atoms with Crippen LogP contribution >= 0.6 is 11.6 Å². The quantitative estimate of drug-likeness (QED) is 0.798. The molecule has 0 N–H and O–H groups in total. The molecule has 0 unspecified atom stereocenters. The summed E-state index contributed by atoms with van der Waals surface area (Å²) in [5.41, 5.74) is 0.876. The van der Waals surface area contributed by atoms with E-state index in [9.17, 15) is 4.79 Å². The van der Waals surface area contributed by atoms with Gasteiger partial charge in [0, 0.05) is 55.9 Å². The first kappa shape index (κ1) is 18.4. The van der Waals surface area contributed by atoms with Gasteiger partial charge in [0.05, 0.1) is 6.54 Å². The lowest BCUT2D eigenvalue weighted by atomic mass is 9.98. The molecule has 0 saturated carbocycles. The lowest BCUT2D eigenvalue weighted by Gasteiger charge is -2.36. The van der Waals surface area contributed by atoms with Gasteiger partial charge < -0.3 is 14.2 Å². The van der Waals surface area contributed by atoms with Crippen molar-refractivity contribution in [2.75, 3.05) is 39.4 Å². The van der Waals surface area contributed by atoms with Gasteiger partial charge >= 0.3 is 0 Å². The first-order chi connectivity index (χ1) is 13.2. The van der Waals surface area contributed by atoms with Gasteiger partial charge in [-0.3, -0.25) is 9.69 Å². The molecule has 2 fully saturated rings. The van der Waals surface area contributed by atoms with Gasteiger partial charge in [-0.1, -0.05) is 16.8 Å². The van der Waals surface area contributed by atoms with Gasteiger partial charge in [-0.2, -0.15) is 4.98 Å². The number of carbonyl (C=O) groups is 1. The number of hydrogen-bond donors (Lipinski definition) is 0. The second-order valence-corrected chi connectivity index (χ2v) is 7.44. The van der Waals surface area contributed by atoms with E-state index in [1.165, 1.54) is 0 Å². The Morgan fingerprint density at radius 3 is 2.52 bits per heavy atom. The summed E-state index contributed by atoms with van der Waals surface area (Å²) in [6, 6.07) is 7.36. The van der Waals surface area contributed by atoms with Crippen LogP contribution in [-0.2, 0) is 16.1 Å². The molecule has 4 rings (SSSR count). The first-order valence-electron chi connectivity index (χ1n) is 9.36. The Hall–Kier alpha value is -1.96. The van der Waals surface area contributed by atoms with Crippen molar-refractivity contribution in [1.82, 2.24) is 19.9 Å². The molecule has 2 saturated heterocycles. The highest BCUT2D eigenvalue weighted by atomic mass is 35.5. The largest absolute Gasteiger partial charge is 0.381 e. The summed E-state index contributed by atoms with van der Waals surface area (Å²) in [5, 5.41) is 4.73. The van der Waals surface area contributed by atoms with Crippen molar-refractivity contribution < 1.29 is 14.1 Å². The maximum atomic E-state index is 12.6. The topological polar surface area (TPSA) is 71.7 Å². The Balaban J connectivity index is 1.29. The van der Waals surface area contributed by atoms with E-state index < -0.39 is 0 Å². The number of aromatic nitrogens is 2. The Bertz CT molecular complexity index is 766. The standard InChI is InChI=1S/C19H23ClN4O3/c20-16-3-1-14(2-4-16)18-21-17(27-22-18)13-23-7-9-24(10-8-23)19(25)15-5-11-26-12-6-15/h1-4,15H,5-13H2. The zero-order chi connectivity index (χ0) is 18.6. The van der Waals surface area contributed by atoms with Gasteiger partial charge in [0.1, 0.15) is 0 Å². The smallest absolute Gasteiger partial charge is 0.241 e. The molecule has 0 spiro atoms. The summed E-state index contributed by atoms with van der Waals surface area (Å²) >= 11 is 5.91. The van der Waals surface area contributed by atoms with Crippen molar-refractivity contribution in [2.24, 2.45) is 5.92 Å². The molecular formula is C19H23ClN4O3. The van der Waals surface area contributed by atoms with Crippen LogP contribution in [0.15, 0.2) is 28.8 Å². The van der Waals surface area contributed by atoms with Crippen LogP contribution in [0.2, 0.25) is 5.02 Å². The predicted octanol–water partition coefficient (Wildman–Crippen LogP) is 2.46. The van der Waals surface area contributed by atoms with Crippen LogP contribution < -0.4 is 0 Å². The molecule has 8 heteroatoms. The van der Waals surface area contributed by atoms with Crippen LogP contribution in [0.5, 0.6) is 0 Å². The van der Waals surface area contributed by atoms with Crippen molar-refractivity contribution in [1.29, 1.82) is 0 Å². The van der Waals surface area contributed by atoms with E-state index in [4.69, 9.17) is 20.9 Å². The van der Waals surface area contributed by atoms with E-state index in [0.29, 0.717) is 36.5 Å². The van der Waals surface area contributed by atoms with E-state index in [2.05, 4.69) is 15.0 Å². The minimum Gasteiger partial charge on any atom is -0.381 e. The maximum absolute atomic E-state index is 12.6. The lowest BCUT2D eigenvalue weighted by molar-refractivity contribution is -0.140. The zero-order valence-corrected chi connectivity index (χ0v) is 15.9. The van der Waals surface area contributed by atoms with Crippen LogP contribution in [0.3, 0.4) is 0 Å². The molecule has 2 aromatic rings. The number of carbonyl (C=O) groups excluding carboxylic acids is 1. The van der Waals surface area contributed by atoms with E-state index >= 15 is 0 Å². The first-order valence-corrected chi connectivity index (χ1v) is 9.74. The third-order valence-electron chi connectivity index (χ3n) is 5.18. The fourth-order valence-electron chi connectivity index (χ4n) is 3.56. The van der Waals surface area contributed by atoms with E-state index in [-0.39, 0.29) is 11.8 Å². The zero-order valence-electron chi connectivity index (χ0n) is 15.1. The molecule has 1 aromatic carbocycles. The van der Waals surface area contributed by atoms with Gasteiger partial charge in [0.25, 0.3) is 0 Å². The summed E-state index contributed by atoms with van der Waals surface area (Å²) in [6.07, 6.45) is 1.68. The SMILES string of the molecule is O=C(C1CCOCC1)N1CCN(Cc2nc(-c3ccc(Cl)cc3)no2)CC1. The Kier molecular flexibility index (Phi) is 5.71. The van der Waals surface area contributed by atoms with Gasteiger partial charge in [0.2, 0.25) is 17.6 Å². The van der Waals surface area contributed by atoms with E-state index in [1.807, 2.05) is 29.2 Å². The average Bonchev–Trinajstić information content (AvgIpc) is 3.18. The third kappa shape index (κ3) is 4.48. The highest BCUT2D eigenvalue weighted by molar-refractivity contribution is 6.30. The Morgan fingerprint density at radius 1 is 1.11 bits per heavy atom. The van der Waals surface area contributed by atoms with Crippen LogP contribution in [0.4, 0.5) is 0 Å². The molecule has 1 amide bonds. The molecule has 0 atom stereocenters. The predicted molar refractivity (Wildman–Crippen MR) is 100 cm³/mol. The molecule has 1 aromatic heterocycles. The van der Waals surface area contributed by atoms with E-state index in [0.717, 1.165) is 44.6 Å². The van der Waals surface area contributed by atoms with E-state index in [1.54, 1.807) is 0 Å². The van der Waals surface area contributed by atoms with Crippen molar-refractivity contribution in [2.45, 2.75) is 19.4 Å². The number of hydrogen-bond acceptors (Lipinski definition) is 6. The molecule has 0 aliphatic carbocycles. The number of nitrogens with zero attached hydrogens (tertiary/aromatic N) is 4. The van der Waals surface area contributed by atoms with Gasteiger partial charge in [-0.05, 0) is 37.1 Å². The number of benzene rings is 1. The molecule has 3 heterocycles. The maximum Gasteiger partial charge on any atom is 0.241 e. The van der Waals surface area contributed by atoms with Crippen LogP contribution in [0, 0.1) is 5.92 Å². The van der Waals surface area contributed by atoms with Crippen molar-refractivity contribution in [3.05, 3.63) is 35.2 Å². The molecule has 27 heavy (non-hydrogen) atoms. The summed E-state index contributed by atoms with van der Waals surface area (Å²) < 4.78 is 10.7. The normalized spacial score (nSPS) is 19.4. The minimum atomic E-state index is 0.128. The summed E-state index contributed by atoms with van der Waals surface area (Å²) in [6.45, 7) is 5.11. The molecule has 144 valence electrons. The Morgan fingerprint density at radius 2 is 1.81 bits per heavy atom. The summed E-state index contributed by atoms with van der Waals surface area (Å²) in [7, 11) is 0. The molecule has 7 nitrogen and oxygen atoms in total. The number of piperazine rings is 1. The second kappa shape index (κ2) is 8.37. The van der Waals surface area contributed by atoms with Crippen molar-refractivity contribution in [3.63, 3.8) is 0 Å². The van der Waals surface area contributed by atoms with Gasteiger partial charge in [-0.25, -0.2) is 0 Å². The van der Waals surface area contributed by atoms with Crippen molar-refractivity contribution in [3.8, 4) is 11.4 Å². The second-order valence-electron chi connectivity index (χ2n) is 7.01. The average molecular weight is 391 g/mol. The highest BCUT2D eigenvalue weighted by Crippen LogP contribution is 2.21. The number of ether oxygens (including phenoxy) is 1. The van der Waals surface area contributed by atoms with Crippen LogP contribution in [0.25, 0.3) is 11.4 Å². The highest BCUT2D eigenvalue weighted by Gasteiger charge is 2.29. The van der Waals surface area contributed by atoms with Gasteiger partial charge in [0.15, 0.2) is 0 Å². The number of rotatable bonds is 4. The lowest BCUT2D eigenvalue weighted by Crippen LogP contribution is -2.50. The minimum absolute atomic E-state index is 0.128. The Labute approximate surface area is 163 Å². The number of amides is 1. The molecule has 2 aliphatic heterocycles. The third-order valence-corrected chi connectivity index (χ3v) is 5.44. The van der Waals surface area contributed by atoms with Crippen molar-refractivity contribution >= 4 is 17.5 Å². The fraction of sp³-hybridized carbons (Fsp3) is 0.526. The van der Waals surface area contributed by atoms with Crippen LogP contribution in [-0.4, -0.2) is 65.2 Å². The molecule has 2 aliphatic rings. The van der Waals surface area contributed by atoms with Gasteiger partial charge in [-0.15, -0.1) is 0 Å². The summed E-state index contributed by atoms with van der Waals surface area (Å²) in [5.74, 6) is 1.56. The monoisotopic (exact) mass is 390 g/mol. The molecular weight excluding hydrogens is 368 g/mol. The van der Waals surface area contributed by atoms with Crippen LogP contribution in [0.1, 0.15) is 18.7 Å². The molecule has 0 radical (unpaired) electrons. The number of halogens is 1.